The number of unbranched alkanes of at least 4 members (excludes halogenated alkanes) is 3. The molecule has 0 bridgehead atoms. The lowest BCUT2D eigenvalue weighted by Gasteiger charge is -2.04. The Morgan fingerprint density at radius 2 is 1.27 bits per heavy atom. The minimum absolute atomic E-state index is 0.133. The van der Waals surface area contributed by atoms with Gasteiger partial charge in [-0.15, -0.1) is 0 Å². The van der Waals surface area contributed by atoms with Gasteiger partial charge >= 0.3 is 0 Å². The largest absolute Gasteiger partial charge is 0.513 e. The van der Waals surface area contributed by atoms with Crippen LogP contribution < -0.4 is 5.32 Å². The van der Waals surface area contributed by atoms with Gasteiger partial charge in [0.05, 0.1) is 5.76 Å². The van der Waals surface area contributed by atoms with E-state index in [4.69, 9.17) is 5.11 Å². The van der Waals surface area contributed by atoms with E-state index in [1.54, 1.807) is 0 Å². The predicted molar refractivity (Wildman–Crippen MR) is 132 cm³/mol. The van der Waals surface area contributed by atoms with Gasteiger partial charge in [-0.25, -0.2) is 0 Å². The van der Waals surface area contributed by atoms with Crippen LogP contribution >= 0.6 is 0 Å². The Kier molecular flexibility index (Phi) is 21.2. The number of carbonyl (C=O) groups excluding carboxylic acids is 1. The maximum Gasteiger partial charge on any atom is 0.220 e. The van der Waals surface area contributed by atoms with Gasteiger partial charge in [0.25, 0.3) is 0 Å². The Labute approximate surface area is 185 Å². The highest BCUT2D eigenvalue weighted by atomic mass is 16.3. The smallest absolute Gasteiger partial charge is 0.220 e. The highest BCUT2D eigenvalue weighted by molar-refractivity contribution is 5.75. The first kappa shape index (κ1) is 27.7. The van der Waals surface area contributed by atoms with Crippen molar-refractivity contribution in [2.75, 3.05) is 6.54 Å². The first-order valence-electron chi connectivity index (χ1n) is 11.5. The van der Waals surface area contributed by atoms with Gasteiger partial charge < -0.3 is 10.4 Å². The van der Waals surface area contributed by atoms with Gasteiger partial charge in [-0.05, 0) is 57.8 Å². The minimum Gasteiger partial charge on any atom is -0.513 e. The fourth-order valence-electron chi connectivity index (χ4n) is 2.70. The summed E-state index contributed by atoms with van der Waals surface area (Å²) in [6.45, 7) is 6.34. The molecule has 3 heteroatoms. The van der Waals surface area contributed by atoms with Crippen LogP contribution in [0.25, 0.3) is 0 Å². The summed E-state index contributed by atoms with van der Waals surface area (Å²) in [5.41, 5.74) is 0. The molecule has 0 aliphatic carbocycles. The third-order valence-corrected chi connectivity index (χ3v) is 4.40. The zero-order chi connectivity index (χ0) is 22.1. The highest BCUT2D eigenvalue weighted by Gasteiger charge is 1.99. The quantitative estimate of drug-likeness (QED) is 0.130. The van der Waals surface area contributed by atoms with Crippen molar-refractivity contribution in [3.63, 3.8) is 0 Å². The molecule has 0 aliphatic rings. The number of carbonyl (C=O) groups is 1. The van der Waals surface area contributed by atoms with Crippen LogP contribution in [0.3, 0.4) is 0 Å². The van der Waals surface area contributed by atoms with E-state index in [9.17, 15) is 4.79 Å². The van der Waals surface area contributed by atoms with E-state index in [0.29, 0.717) is 12.8 Å². The Hall–Kier alpha value is -2.29. The van der Waals surface area contributed by atoms with Crippen molar-refractivity contribution in [2.45, 2.75) is 84.0 Å². The normalized spacial score (nSPS) is 12.3. The van der Waals surface area contributed by atoms with Crippen LogP contribution in [0.15, 0.2) is 73.1 Å². The second-order valence-electron chi connectivity index (χ2n) is 7.33. The number of hydrogen-bond acceptors (Lipinski definition) is 2. The summed E-state index contributed by atoms with van der Waals surface area (Å²) < 4.78 is 0. The van der Waals surface area contributed by atoms with Crippen molar-refractivity contribution in [1.29, 1.82) is 0 Å². The molecule has 3 nitrogen and oxygen atoms in total. The van der Waals surface area contributed by atoms with Crippen molar-refractivity contribution in [3.05, 3.63) is 73.1 Å². The lowest BCUT2D eigenvalue weighted by molar-refractivity contribution is -0.121. The summed E-state index contributed by atoms with van der Waals surface area (Å²) in [5, 5.41) is 11.9. The predicted octanol–water partition coefficient (Wildman–Crippen LogP) is 7.66. The van der Waals surface area contributed by atoms with Gasteiger partial charge in [0.1, 0.15) is 0 Å². The Morgan fingerprint density at radius 1 is 0.733 bits per heavy atom. The van der Waals surface area contributed by atoms with Gasteiger partial charge in [0.2, 0.25) is 5.91 Å². The number of aliphatic hydroxyl groups excluding tert-OH is 1. The number of aliphatic hydroxyl groups is 1. The maximum atomic E-state index is 11.7. The second-order valence-corrected chi connectivity index (χ2v) is 7.33. The summed E-state index contributed by atoms with van der Waals surface area (Å²) in [7, 11) is 0. The number of amides is 1. The number of rotatable bonds is 19. The van der Waals surface area contributed by atoms with E-state index in [1.807, 2.05) is 0 Å². The fourth-order valence-corrected chi connectivity index (χ4v) is 2.70. The first-order chi connectivity index (χ1) is 14.7. The average Bonchev–Trinajstić information content (AvgIpc) is 2.72. The van der Waals surface area contributed by atoms with E-state index >= 15 is 0 Å². The highest BCUT2D eigenvalue weighted by Crippen LogP contribution is 2.04. The number of hydrogen-bond donors (Lipinski definition) is 2. The lowest BCUT2D eigenvalue weighted by atomic mass is 10.1. The fraction of sp³-hybridized carbons (Fsp3) is 0.519. The van der Waals surface area contributed by atoms with Crippen LogP contribution in [-0.4, -0.2) is 17.6 Å². The summed E-state index contributed by atoms with van der Waals surface area (Å²) in [5.74, 6) is 0.378. The lowest BCUT2D eigenvalue weighted by Crippen LogP contribution is -2.23. The van der Waals surface area contributed by atoms with Crippen molar-refractivity contribution in [2.24, 2.45) is 0 Å². The second kappa shape index (κ2) is 23.0. The van der Waals surface area contributed by atoms with Crippen molar-refractivity contribution < 1.29 is 9.90 Å². The molecule has 2 N–H and O–H groups in total. The molecular formula is C27H43NO2. The molecule has 0 unspecified atom stereocenters. The summed E-state index contributed by atoms with van der Waals surface area (Å²) in [4.78, 5) is 11.7. The van der Waals surface area contributed by atoms with Gasteiger partial charge in [0, 0.05) is 19.4 Å². The molecule has 0 aromatic rings. The van der Waals surface area contributed by atoms with Gasteiger partial charge in [0.15, 0.2) is 0 Å². The summed E-state index contributed by atoms with van der Waals surface area (Å²) in [6.07, 6.45) is 32.9. The number of allylic oxidation sites excluding steroid dienone is 11. The van der Waals surface area contributed by atoms with E-state index in [1.165, 1.54) is 0 Å². The molecule has 168 valence electrons. The van der Waals surface area contributed by atoms with Gasteiger partial charge in [-0.1, -0.05) is 80.7 Å². The van der Waals surface area contributed by atoms with Crippen molar-refractivity contribution in [1.82, 2.24) is 5.32 Å². The Bertz CT molecular complexity index is 567. The first-order valence-corrected chi connectivity index (χ1v) is 11.5. The van der Waals surface area contributed by atoms with E-state index in [-0.39, 0.29) is 11.7 Å². The van der Waals surface area contributed by atoms with Gasteiger partial charge in [-0.3, -0.25) is 4.79 Å². The molecule has 1 amide bonds. The number of nitrogens with one attached hydrogen (secondary N) is 1. The van der Waals surface area contributed by atoms with Crippen molar-refractivity contribution in [3.8, 4) is 0 Å². The monoisotopic (exact) mass is 413 g/mol. The third-order valence-electron chi connectivity index (χ3n) is 4.40. The Balaban J connectivity index is 3.49. The molecule has 0 atom stereocenters. The molecule has 0 aromatic carbocycles. The molecule has 0 rings (SSSR count). The minimum atomic E-state index is 0.133. The van der Waals surface area contributed by atoms with E-state index < -0.39 is 0 Å². The molecule has 30 heavy (non-hydrogen) atoms. The van der Waals surface area contributed by atoms with Crippen LogP contribution in [0.1, 0.15) is 84.0 Å². The van der Waals surface area contributed by atoms with Crippen LogP contribution in [0.5, 0.6) is 0 Å². The molecule has 0 aromatic heterocycles. The third kappa shape index (κ3) is 23.7. The molecule has 0 radical (unpaired) electrons. The SMILES string of the molecule is C=C(O)CCCCCNC(=O)CCC/C=C\C/C=C\C/C=C\C/C=C\C/C=C\CC. The molecule has 0 saturated heterocycles. The Morgan fingerprint density at radius 3 is 1.80 bits per heavy atom. The molecule has 0 saturated carbocycles. The topological polar surface area (TPSA) is 49.3 Å². The average molecular weight is 414 g/mol. The molecule has 0 heterocycles. The molecule has 0 aliphatic heterocycles. The van der Waals surface area contributed by atoms with E-state index in [0.717, 1.165) is 70.8 Å². The zero-order valence-corrected chi connectivity index (χ0v) is 19.0. The van der Waals surface area contributed by atoms with Crippen LogP contribution in [0, 0.1) is 0 Å². The van der Waals surface area contributed by atoms with E-state index in [2.05, 4.69) is 79.6 Å². The standard InChI is InChI=1S/C27H43NO2/c1-3-4-5-6-7-8-9-10-11-12-13-14-15-16-17-18-21-24-27(30)28-25-22-19-20-23-26(2)29/h4-5,7-8,10-11,13-14,16-17,29H,2-3,6,9,12,15,18-25H2,1H3,(H,28,30)/b5-4-,8-7-,11-10-,14-13-,17-16-. The van der Waals surface area contributed by atoms with Crippen molar-refractivity contribution >= 4 is 5.91 Å². The van der Waals surface area contributed by atoms with Crippen LogP contribution in [0.2, 0.25) is 0 Å². The zero-order valence-electron chi connectivity index (χ0n) is 19.0. The maximum absolute atomic E-state index is 11.7. The summed E-state index contributed by atoms with van der Waals surface area (Å²) in [6, 6.07) is 0. The molecule has 0 spiro atoms. The van der Waals surface area contributed by atoms with Crippen LogP contribution in [-0.2, 0) is 4.79 Å². The summed E-state index contributed by atoms with van der Waals surface area (Å²) >= 11 is 0. The molecular weight excluding hydrogens is 370 g/mol. The van der Waals surface area contributed by atoms with Crippen LogP contribution in [0.4, 0.5) is 0 Å². The molecule has 0 fully saturated rings. The van der Waals surface area contributed by atoms with Gasteiger partial charge in [-0.2, -0.15) is 0 Å².